The smallest absolute Gasteiger partial charge is 0.330 e. The van der Waals surface area contributed by atoms with Crippen LogP contribution >= 0.6 is 0 Å². The van der Waals surface area contributed by atoms with Gasteiger partial charge in [-0.15, -0.1) is 13.2 Å². The van der Waals surface area contributed by atoms with Crippen molar-refractivity contribution in [2.75, 3.05) is 14.2 Å². The highest BCUT2D eigenvalue weighted by Gasteiger charge is 2.28. The van der Waals surface area contributed by atoms with E-state index in [1.165, 1.54) is 14.2 Å². The van der Waals surface area contributed by atoms with E-state index in [1.54, 1.807) is 0 Å². The number of ether oxygens (including phenoxy) is 2. The van der Waals surface area contributed by atoms with Gasteiger partial charge in [0.15, 0.2) is 8.32 Å². The van der Waals surface area contributed by atoms with E-state index >= 15 is 0 Å². The van der Waals surface area contributed by atoms with Crippen molar-refractivity contribution in [1.29, 1.82) is 0 Å². The van der Waals surface area contributed by atoms with Gasteiger partial charge in [-0.1, -0.05) is 11.4 Å². The summed E-state index contributed by atoms with van der Waals surface area (Å²) in [6.45, 7) is 16.2. The van der Waals surface area contributed by atoms with E-state index in [0.717, 1.165) is 12.2 Å². The van der Waals surface area contributed by atoms with Gasteiger partial charge in [0.25, 0.3) is 0 Å². The molecule has 0 heterocycles. The third-order valence-corrected chi connectivity index (χ3v) is 7.92. The van der Waals surface area contributed by atoms with Crippen LogP contribution in [0.3, 0.4) is 0 Å². The summed E-state index contributed by atoms with van der Waals surface area (Å²) in [4.78, 5) is 20.6. The maximum absolute atomic E-state index is 10.3. The summed E-state index contributed by atoms with van der Waals surface area (Å²) in [5.74, 6) is -1.16. The molecule has 0 aliphatic heterocycles. The molecule has 0 amide bonds. The highest BCUT2D eigenvalue weighted by atomic mass is 28.4. The molecule has 0 aromatic carbocycles. The largest absolute Gasteiger partial charge is 0.466 e. The van der Waals surface area contributed by atoms with Crippen LogP contribution in [0.4, 0.5) is 0 Å². The van der Waals surface area contributed by atoms with Crippen molar-refractivity contribution in [3.05, 3.63) is 36.7 Å². The van der Waals surface area contributed by atoms with Gasteiger partial charge in [-0.05, 0) is 26.2 Å². The van der Waals surface area contributed by atoms with E-state index < -0.39 is 28.6 Å². The van der Waals surface area contributed by atoms with Crippen LogP contribution in [0, 0.1) is 0 Å². The fourth-order valence-corrected chi connectivity index (χ4v) is 7.21. The number of esters is 2. The first-order valence-corrected chi connectivity index (χ1v) is 12.3. The first kappa shape index (κ1) is 21.8. The summed E-state index contributed by atoms with van der Waals surface area (Å²) in [6.07, 6.45) is 1.98. The van der Waals surface area contributed by atoms with E-state index in [9.17, 15) is 9.59 Å². The number of rotatable bonds is 6. The van der Waals surface area contributed by atoms with Gasteiger partial charge in [-0.25, -0.2) is 9.59 Å². The summed E-state index contributed by atoms with van der Waals surface area (Å²) in [5, 5.41) is 0. The van der Waals surface area contributed by atoms with Gasteiger partial charge in [0, 0.05) is 12.2 Å². The predicted molar refractivity (Wildman–Crippen MR) is 89.6 cm³/mol. The highest BCUT2D eigenvalue weighted by molar-refractivity contribution is 6.90. The molecule has 0 saturated carbocycles. The van der Waals surface area contributed by atoms with E-state index in [4.69, 9.17) is 4.12 Å². The first-order chi connectivity index (χ1) is 9.53. The molecule has 0 atom stereocenters. The van der Waals surface area contributed by atoms with Crippen LogP contribution < -0.4 is 0 Å². The second-order valence-corrected chi connectivity index (χ2v) is 13.4. The highest BCUT2D eigenvalue weighted by Crippen LogP contribution is 2.15. The Morgan fingerprint density at radius 2 is 1.19 bits per heavy atom. The number of hydrogen-bond acceptors (Lipinski definition) is 5. The van der Waals surface area contributed by atoms with Gasteiger partial charge >= 0.3 is 11.9 Å². The number of hydrogen-bond donors (Lipinski definition) is 0. The lowest BCUT2D eigenvalue weighted by atomic mass is 10.5. The summed E-state index contributed by atoms with van der Waals surface area (Å²) in [6, 6.07) is 0. The molecular weight excluding hydrogens is 304 g/mol. The zero-order valence-corrected chi connectivity index (χ0v) is 15.8. The monoisotopic (exact) mass is 330 g/mol. The maximum Gasteiger partial charge on any atom is 0.330 e. The standard InChI is InChI=1S/C8H18OSi2.C6H8O4/c1-7-11(6,8-2)9-10(3,4)5;1-9-5(7)3-4-6(8)10-2/h7-8H,1-2H2,3-6H3;3-4H,1-2H3/b;4-3-. The Bertz CT molecular complexity index is 371. The molecule has 0 bridgehead atoms. The predicted octanol–water partition coefficient (Wildman–Crippen LogP) is 2.75. The van der Waals surface area contributed by atoms with E-state index in [2.05, 4.69) is 48.8 Å². The van der Waals surface area contributed by atoms with Crippen LogP contribution in [0.1, 0.15) is 0 Å². The normalized spacial score (nSPS) is 11.1. The average molecular weight is 331 g/mol. The van der Waals surface area contributed by atoms with Crippen molar-refractivity contribution in [2.45, 2.75) is 26.2 Å². The average Bonchev–Trinajstić information content (AvgIpc) is 2.42. The third kappa shape index (κ3) is 13.3. The van der Waals surface area contributed by atoms with Crippen LogP contribution in [0.25, 0.3) is 0 Å². The molecule has 0 rings (SSSR count). The Labute approximate surface area is 129 Å². The molecule has 0 spiro atoms. The van der Waals surface area contributed by atoms with Gasteiger partial charge in [0.2, 0.25) is 8.32 Å². The van der Waals surface area contributed by atoms with Gasteiger partial charge in [0.1, 0.15) is 0 Å². The number of carbonyl (C=O) groups excluding carboxylic acids is 2. The van der Waals surface area contributed by atoms with Crippen LogP contribution in [-0.2, 0) is 23.2 Å². The molecule has 0 saturated heterocycles. The molecule has 0 aliphatic rings. The lowest BCUT2D eigenvalue weighted by molar-refractivity contribution is -0.137. The molecule has 5 nitrogen and oxygen atoms in total. The Balaban J connectivity index is 0. The Kier molecular flexibility index (Phi) is 10.7. The van der Waals surface area contributed by atoms with Crippen molar-refractivity contribution in [2.24, 2.45) is 0 Å². The Hall–Kier alpha value is -1.45. The second kappa shape index (κ2) is 10.3. The van der Waals surface area contributed by atoms with Crippen LogP contribution in [0.15, 0.2) is 36.7 Å². The summed E-state index contributed by atoms with van der Waals surface area (Å²) in [5.41, 5.74) is 3.86. The van der Waals surface area contributed by atoms with Gasteiger partial charge in [-0.3, -0.25) is 0 Å². The van der Waals surface area contributed by atoms with E-state index in [-0.39, 0.29) is 0 Å². The minimum atomic E-state index is -1.74. The van der Waals surface area contributed by atoms with Crippen molar-refractivity contribution in [3.8, 4) is 0 Å². The van der Waals surface area contributed by atoms with Crippen molar-refractivity contribution in [1.82, 2.24) is 0 Å². The number of methoxy groups -OCH3 is 2. The molecule has 0 unspecified atom stereocenters. The van der Waals surface area contributed by atoms with Gasteiger partial charge < -0.3 is 13.6 Å². The summed E-state index contributed by atoms with van der Waals surface area (Å²) >= 11 is 0. The molecule has 0 aromatic heterocycles. The summed E-state index contributed by atoms with van der Waals surface area (Å²) in [7, 11) is -0.706. The van der Waals surface area contributed by atoms with E-state index in [0.29, 0.717) is 0 Å². The maximum atomic E-state index is 10.3. The molecule has 0 N–H and O–H groups in total. The lowest BCUT2D eigenvalue weighted by Gasteiger charge is -2.29. The second-order valence-electron chi connectivity index (χ2n) is 5.19. The van der Waals surface area contributed by atoms with Gasteiger partial charge in [0.05, 0.1) is 14.2 Å². The minimum absolute atomic E-state index is 0.578. The molecule has 0 fully saturated rings. The van der Waals surface area contributed by atoms with Crippen LogP contribution in [-0.4, -0.2) is 42.8 Å². The van der Waals surface area contributed by atoms with E-state index in [1.807, 2.05) is 11.4 Å². The molecule has 0 aliphatic carbocycles. The molecule has 21 heavy (non-hydrogen) atoms. The summed E-state index contributed by atoms with van der Waals surface area (Å²) < 4.78 is 14.4. The zero-order chi connectivity index (χ0) is 17.1. The SMILES string of the molecule is C=C[Si](C)(C=C)O[Si](C)(C)C.COC(=O)/C=C\C(=O)OC. The topological polar surface area (TPSA) is 61.8 Å². The van der Waals surface area contributed by atoms with Crippen molar-refractivity contribution >= 4 is 28.6 Å². The molecule has 0 radical (unpaired) electrons. The van der Waals surface area contributed by atoms with Crippen molar-refractivity contribution < 1.29 is 23.2 Å². The first-order valence-electron chi connectivity index (χ1n) is 6.35. The zero-order valence-electron chi connectivity index (χ0n) is 13.8. The quantitative estimate of drug-likeness (QED) is 0.426. The third-order valence-electron chi connectivity index (χ3n) is 2.09. The van der Waals surface area contributed by atoms with Gasteiger partial charge in [-0.2, -0.15) is 0 Å². The van der Waals surface area contributed by atoms with Crippen LogP contribution in [0.5, 0.6) is 0 Å². The molecule has 120 valence electrons. The van der Waals surface area contributed by atoms with Crippen molar-refractivity contribution in [3.63, 3.8) is 0 Å². The Morgan fingerprint density at radius 3 is 1.33 bits per heavy atom. The fraction of sp³-hybridized carbons (Fsp3) is 0.429. The molecular formula is C14H26O5Si2. The van der Waals surface area contributed by atoms with Crippen LogP contribution in [0.2, 0.25) is 26.2 Å². The number of carbonyl (C=O) groups is 2. The Morgan fingerprint density at radius 1 is 0.857 bits per heavy atom. The molecule has 7 heteroatoms. The fourth-order valence-electron chi connectivity index (χ4n) is 1.10. The minimum Gasteiger partial charge on any atom is -0.466 e. The lowest BCUT2D eigenvalue weighted by Crippen LogP contribution is -2.41. The molecule has 0 aromatic rings.